The Bertz CT molecular complexity index is 1100. The quantitative estimate of drug-likeness (QED) is 0.466. The summed E-state index contributed by atoms with van der Waals surface area (Å²) >= 11 is 1.54. The van der Waals surface area contributed by atoms with E-state index in [1.165, 1.54) is 18.4 Å². The monoisotopic (exact) mass is 456 g/mol. The summed E-state index contributed by atoms with van der Waals surface area (Å²) in [6, 6.07) is 9.71. The molecule has 0 bridgehead atoms. The fourth-order valence-electron chi connectivity index (χ4n) is 3.95. The lowest BCUT2D eigenvalue weighted by Gasteiger charge is -2.14. The summed E-state index contributed by atoms with van der Waals surface area (Å²) in [5, 5.41) is 1.96. The van der Waals surface area contributed by atoms with E-state index in [1.807, 2.05) is 42.6 Å². The fraction of sp³-hybridized carbons (Fsp3) is 0.333. The minimum absolute atomic E-state index is 0.215. The van der Waals surface area contributed by atoms with Crippen LogP contribution in [-0.2, 0) is 28.9 Å². The van der Waals surface area contributed by atoms with E-state index in [0.717, 1.165) is 27.4 Å². The van der Waals surface area contributed by atoms with Crippen molar-refractivity contribution in [3.8, 4) is 21.9 Å². The molecule has 0 unspecified atom stereocenters. The lowest BCUT2D eigenvalue weighted by Crippen LogP contribution is -2.14. The van der Waals surface area contributed by atoms with Gasteiger partial charge in [0.25, 0.3) is 5.91 Å². The Balaban J connectivity index is 2.03. The van der Waals surface area contributed by atoms with Crippen molar-refractivity contribution in [1.29, 1.82) is 0 Å². The third kappa shape index (κ3) is 4.80. The number of aryl methyl sites for hydroxylation is 1. The van der Waals surface area contributed by atoms with Gasteiger partial charge in [-0.3, -0.25) is 9.59 Å². The summed E-state index contributed by atoms with van der Waals surface area (Å²) < 4.78 is 17.7. The first-order valence-corrected chi connectivity index (χ1v) is 11.1. The van der Waals surface area contributed by atoms with Crippen molar-refractivity contribution in [3.63, 3.8) is 0 Å². The molecule has 3 aromatic rings. The highest BCUT2D eigenvalue weighted by molar-refractivity contribution is 7.13. The van der Waals surface area contributed by atoms with E-state index in [-0.39, 0.29) is 12.4 Å². The highest BCUT2D eigenvalue weighted by atomic mass is 32.1. The van der Waals surface area contributed by atoms with E-state index in [2.05, 4.69) is 4.57 Å². The van der Waals surface area contributed by atoms with Crippen LogP contribution in [0.25, 0.3) is 10.4 Å². The smallest absolute Gasteiger partial charge is 0.305 e. The van der Waals surface area contributed by atoms with Gasteiger partial charge in [-0.25, -0.2) is 0 Å². The number of aromatic nitrogens is 1. The molecule has 0 aliphatic carbocycles. The molecule has 0 atom stereocenters. The van der Waals surface area contributed by atoms with Gasteiger partial charge in [-0.05, 0) is 48.9 Å². The van der Waals surface area contributed by atoms with Gasteiger partial charge in [-0.2, -0.15) is 0 Å². The highest BCUT2D eigenvalue weighted by Gasteiger charge is 2.25. The zero-order valence-electron chi connectivity index (χ0n) is 18.8. The maximum atomic E-state index is 12.4. The summed E-state index contributed by atoms with van der Waals surface area (Å²) in [5.74, 6) is 0.559. The number of rotatable bonds is 10. The number of esters is 1. The van der Waals surface area contributed by atoms with Gasteiger partial charge in [0.15, 0.2) is 11.5 Å². The first-order chi connectivity index (χ1) is 15.4. The van der Waals surface area contributed by atoms with E-state index in [4.69, 9.17) is 19.9 Å². The Labute approximate surface area is 191 Å². The van der Waals surface area contributed by atoms with Crippen molar-refractivity contribution in [1.82, 2.24) is 4.57 Å². The van der Waals surface area contributed by atoms with Crippen LogP contribution >= 0.6 is 11.3 Å². The Kier molecular flexibility index (Phi) is 7.58. The predicted molar refractivity (Wildman–Crippen MR) is 125 cm³/mol. The van der Waals surface area contributed by atoms with Crippen molar-refractivity contribution in [2.24, 2.45) is 5.73 Å². The van der Waals surface area contributed by atoms with Crippen LogP contribution in [0.15, 0.2) is 35.7 Å². The normalized spacial score (nSPS) is 10.8. The molecule has 170 valence electrons. The van der Waals surface area contributed by atoms with E-state index in [9.17, 15) is 9.59 Å². The first-order valence-electron chi connectivity index (χ1n) is 10.2. The zero-order valence-corrected chi connectivity index (χ0v) is 19.6. The Morgan fingerprint density at radius 2 is 1.81 bits per heavy atom. The summed E-state index contributed by atoms with van der Waals surface area (Å²) in [5.41, 5.74) is 9.86. The number of thiophene rings is 1. The zero-order chi connectivity index (χ0) is 23.3. The van der Waals surface area contributed by atoms with Crippen LogP contribution in [0.4, 0.5) is 0 Å². The molecule has 0 fully saturated rings. The van der Waals surface area contributed by atoms with Gasteiger partial charge in [0, 0.05) is 28.4 Å². The van der Waals surface area contributed by atoms with Gasteiger partial charge in [0.05, 0.1) is 33.3 Å². The van der Waals surface area contributed by atoms with E-state index in [1.54, 1.807) is 14.2 Å². The van der Waals surface area contributed by atoms with Crippen molar-refractivity contribution >= 4 is 23.2 Å². The molecule has 0 saturated carbocycles. The highest BCUT2D eigenvalue weighted by Crippen LogP contribution is 2.36. The van der Waals surface area contributed by atoms with Crippen LogP contribution in [0.5, 0.6) is 11.5 Å². The SMILES string of the molecule is COC(=O)CCc1c(-c2cccs2)c(C(N)=O)c(C)n1CCc1ccc(OC)c(OC)c1. The number of hydrogen-bond acceptors (Lipinski definition) is 6. The van der Waals surface area contributed by atoms with Gasteiger partial charge in [0.2, 0.25) is 0 Å². The van der Waals surface area contributed by atoms with Crippen LogP contribution in [0, 0.1) is 6.92 Å². The number of amides is 1. The number of nitrogens with zero attached hydrogens (tertiary/aromatic N) is 1. The third-order valence-electron chi connectivity index (χ3n) is 5.51. The maximum Gasteiger partial charge on any atom is 0.305 e. The minimum atomic E-state index is -0.477. The molecule has 2 heterocycles. The second-order valence-electron chi connectivity index (χ2n) is 7.29. The van der Waals surface area contributed by atoms with Gasteiger partial charge in [-0.1, -0.05) is 12.1 Å². The average Bonchev–Trinajstić information content (AvgIpc) is 3.41. The van der Waals surface area contributed by atoms with Crippen LogP contribution in [-0.4, -0.2) is 37.8 Å². The molecule has 2 N–H and O–H groups in total. The Morgan fingerprint density at radius 3 is 2.41 bits per heavy atom. The molecule has 0 saturated heterocycles. The molecular formula is C24H28N2O5S. The standard InChI is InChI=1S/C24H28N2O5S/c1-15-22(24(25)28)23(20-6-5-13-32-20)17(8-10-21(27)31-4)26(15)12-11-16-7-9-18(29-2)19(14-16)30-3/h5-7,9,13-14H,8,10-12H2,1-4H3,(H2,25,28). The second-order valence-corrected chi connectivity index (χ2v) is 8.24. The number of hydrogen-bond donors (Lipinski definition) is 1. The van der Waals surface area contributed by atoms with Crippen LogP contribution in [0.1, 0.15) is 33.7 Å². The number of carbonyl (C=O) groups excluding carboxylic acids is 2. The maximum absolute atomic E-state index is 12.4. The van der Waals surface area contributed by atoms with Crippen molar-refractivity contribution in [2.45, 2.75) is 32.7 Å². The van der Waals surface area contributed by atoms with E-state index >= 15 is 0 Å². The molecule has 32 heavy (non-hydrogen) atoms. The summed E-state index contributed by atoms with van der Waals surface area (Å²) in [4.78, 5) is 25.3. The van der Waals surface area contributed by atoms with Gasteiger partial charge in [0.1, 0.15) is 0 Å². The molecular weight excluding hydrogens is 428 g/mol. The van der Waals surface area contributed by atoms with Gasteiger partial charge in [-0.15, -0.1) is 11.3 Å². The van der Waals surface area contributed by atoms with Gasteiger partial charge >= 0.3 is 5.97 Å². The number of ether oxygens (including phenoxy) is 3. The Hall–Kier alpha value is -3.26. The summed E-state index contributed by atoms with van der Waals surface area (Å²) in [7, 11) is 4.58. The molecule has 1 aromatic carbocycles. The summed E-state index contributed by atoms with van der Waals surface area (Å²) in [6.07, 6.45) is 1.36. The fourth-order valence-corrected chi connectivity index (χ4v) is 4.75. The molecule has 0 aliphatic heterocycles. The van der Waals surface area contributed by atoms with Crippen molar-refractivity contribution in [3.05, 3.63) is 58.2 Å². The molecule has 2 aromatic heterocycles. The van der Waals surface area contributed by atoms with Crippen molar-refractivity contribution < 1.29 is 23.8 Å². The molecule has 8 heteroatoms. The number of methoxy groups -OCH3 is 3. The summed E-state index contributed by atoms with van der Waals surface area (Å²) in [6.45, 7) is 2.51. The topological polar surface area (TPSA) is 92.8 Å². The van der Waals surface area contributed by atoms with Crippen LogP contribution < -0.4 is 15.2 Å². The lowest BCUT2D eigenvalue weighted by molar-refractivity contribution is -0.140. The van der Waals surface area contributed by atoms with E-state index < -0.39 is 5.91 Å². The molecule has 0 aliphatic rings. The first kappa shape index (κ1) is 23.4. The average molecular weight is 457 g/mol. The van der Waals surface area contributed by atoms with Crippen LogP contribution in [0.3, 0.4) is 0 Å². The number of carbonyl (C=O) groups is 2. The number of primary amides is 1. The molecule has 1 amide bonds. The minimum Gasteiger partial charge on any atom is -0.493 e. The predicted octanol–water partition coefficient (Wildman–Crippen LogP) is 3.99. The number of benzene rings is 1. The van der Waals surface area contributed by atoms with Crippen LogP contribution in [0.2, 0.25) is 0 Å². The third-order valence-corrected chi connectivity index (χ3v) is 6.40. The molecule has 0 spiro atoms. The van der Waals surface area contributed by atoms with Gasteiger partial charge < -0.3 is 24.5 Å². The molecule has 3 rings (SSSR count). The largest absolute Gasteiger partial charge is 0.493 e. The van der Waals surface area contributed by atoms with Crippen molar-refractivity contribution in [2.75, 3.05) is 21.3 Å². The molecule has 0 radical (unpaired) electrons. The molecule has 7 nitrogen and oxygen atoms in total. The Morgan fingerprint density at radius 1 is 1.06 bits per heavy atom. The lowest BCUT2D eigenvalue weighted by atomic mass is 10.0. The van der Waals surface area contributed by atoms with E-state index in [0.29, 0.717) is 36.4 Å². The number of nitrogens with two attached hydrogens (primary N) is 1. The second kappa shape index (κ2) is 10.4.